The van der Waals surface area contributed by atoms with Crippen molar-refractivity contribution in [1.82, 2.24) is 4.98 Å². The van der Waals surface area contributed by atoms with Gasteiger partial charge in [0.2, 0.25) is 0 Å². The van der Waals surface area contributed by atoms with Crippen LogP contribution in [0.3, 0.4) is 0 Å². The van der Waals surface area contributed by atoms with Crippen LogP contribution in [0.25, 0.3) is 0 Å². The van der Waals surface area contributed by atoms with Crippen LogP contribution in [0.5, 0.6) is 0 Å². The highest BCUT2D eigenvalue weighted by Gasteiger charge is 2.25. The Balaban J connectivity index is 2.14. The molecule has 2 nitrogen and oxygen atoms in total. The van der Waals surface area contributed by atoms with E-state index in [4.69, 9.17) is 0 Å². The molecule has 1 heterocycles. The summed E-state index contributed by atoms with van der Waals surface area (Å²) >= 11 is 0. The molecule has 0 spiro atoms. The number of pyridine rings is 1. The van der Waals surface area contributed by atoms with E-state index in [1.54, 1.807) is 6.20 Å². The third-order valence-corrected chi connectivity index (χ3v) is 3.27. The van der Waals surface area contributed by atoms with Crippen LogP contribution in [0.4, 0.5) is 0 Å². The van der Waals surface area contributed by atoms with Crippen LogP contribution in [-0.2, 0) is 0 Å². The van der Waals surface area contributed by atoms with Gasteiger partial charge in [-0.1, -0.05) is 25.3 Å². The first-order valence-corrected chi connectivity index (χ1v) is 5.72. The summed E-state index contributed by atoms with van der Waals surface area (Å²) in [7, 11) is 0. The number of nitrogens with zero attached hydrogens (tertiary/aromatic N) is 2. The van der Waals surface area contributed by atoms with Crippen LogP contribution in [0.15, 0.2) is 24.4 Å². The van der Waals surface area contributed by atoms with Gasteiger partial charge >= 0.3 is 0 Å². The van der Waals surface area contributed by atoms with Crippen LogP contribution in [0.2, 0.25) is 0 Å². The molecule has 0 bridgehead atoms. The van der Waals surface area contributed by atoms with Crippen LogP contribution >= 0.6 is 0 Å². The maximum atomic E-state index is 9.24. The van der Waals surface area contributed by atoms with E-state index in [1.165, 1.54) is 32.1 Å². The lowest BCUT2D eigenvalue weighted by atomic mass is 9.79. The molecule has 1 fully saturated rings. The third-order valence-electron chi connectivity index (χ3n) is 3.27. The fourth-order valence-corrected chi connectivity index (χ4v) is 2.44. The second-order valence-corrected chi connectivity index (χ2v) is 4.26. The fourth-order valence-electron chi connectivity index (χ4n) is 2.44. The summed E-state index contributed by atoms with van der Waals surface area (Å²) in [5, 5.41) is 9.24. The van der Waals surface area contributed by atoms with Gasteiger partial charge < -0.3 is 0 Å². The maximum absolute atomic E-state index is 9.24. The van der Waals surface area contributed by atoms with Crippen LogP contribution in [0, 0.1) is 17.2 Å². The van der Waals surface area contributed by atoms with Crippen molar-refractivity contribution >= 4 is 0 Å². The van der Waals surface area contributed by atoms with Gasteiger partial charge in [-0.3, -0.25) is 4.98 Å². The molecular formula is C13H16N2. The molecule has 78 valence electrons. The molecule has 1 atom stereocenters. The minimum absolute atomic E-state index is 0.00602. The fraction of sp³-hybridized carbons (Fsp3) is 0.538. The summed E-state index contributed by atoms with van der Waals surface area (Å²) in [6.07, 6.45) is 8.04. The van der Waals surface area contributed by atoms with Crippen molar-refractivity contribution in [2.75, 3.05) is 0 Å². The quantitative estimate of drug-likeness (QED) is 0.734. The summed E-state index contributed by atoms with van der Waals surface area (Å²) in [6.45, 7) is 0. The summed E-state index contributed by atoms with van der Waals surface area (Å²) in [5.41, 5.74) is 0.951. The van der Waals surface area contributed by atoms with E-state index in [9.17, 15) is 5.26 Å². The predicted octanol–water partition coefficient (Wildman–Crippen LogP) is 3.27. The van der Waals surface area contributed by atoms with Gasteiger partial charge in [-0.2, -0.15) is 5.26 Å². The van der Waals surface area contributed by atoms with Crippen molar-refractivity contribution in [1.29, 1.82) is 5.26 Å². The average Bonchev–Trinajstić information content (AvgIpc) is 2.33. The largest absolute Gasteiger partial charge is 0.260 e. The van der Waals surface area contributed by atoms with Crippen LogP contribution in [-0.4, -0.2) is 4.98 Å². The van der Waals surface area contributed by atoms with Crippen molar-refractivity contribution in [2.45, 2.75) is 38.0 Å². The van der Waals surface area contributed by atoms with E-state index in [2.05, 4.69) is 11.1 Å². The van der Waals surface area contributed by atoms with Gasteiger partial charge in [0.05, 0.1) is 17.7 Å². The molecule has 2 heteroatoms. The van der Waals surface area contributed by atoms with Crippen molar-refractivity contribution in [3.8, 4) is 6.07 Å². The molecule has 0 saturated heterocycles. The zero-order chi connectivity index (χ0) is 10.5. The first-order chi connectivity index (χ1) is 7.42. The number of hydrogen-bond donors (Lipinski definition) is 0. The van der Waals surface area contributed by atoms with Crippen molar-refractivity contribution in [3.05, 3.63) is 30.1 Å². The molecule has 1 aliphatic carbocycles. The Morgan fingerprint density at radius 3 is 2.67 bits per heavy atom. The first-order valence-electron chi connectivity index (χ1n) is 5.72. The van der Waals surface area contributed by atoms with Gasteiger partial charge in [0, 0.05) is 6.20 Å². The summed E-state index contributed by atoms with van der Waals surface area (Å²) < 4.78 is 0. The Kier molecular flexibility index (Phi) is 3.34. The Morgan fingerprint density at radius 1 is 1.27 bits per heavy atom. The van der Waals surface area contributed by atoms with E-state index in [1.807, 2.05) is 18.2 Å². The number of nitriles is 1. The molecular weight excluding hydrogens is 184 g/mol. The van der Waals surface area contributed by atoms with E-state index >= 15 is 0 Å². The van der Waals surface area contributed by atoms with Gasteiger partial charge in [0.25, 0.3) is 0 Å². The molecule has 2 rings (SSSR count). The molecule has 0 aromatic carbocycles. The molecule has 0 N–H and O–H groups in total. The highest BCUT2D eigenvalue weighted by atomic mass is 14.7. The lowest BCUT2D eigenvalue weighted by molar-refractivity contribution is 0.333. The smallest absolute Gasteiger partial charge is 0.0912 e. The minimum Gasteiger partial charge on any atom is -0.260 e. The lowest BCUT2D eigenvalue weighted by Crippen LogP contribution is -2.15. The van der Waals surface area contributed by atoms with Crippen molar-refractivity contribution < 1.29 is 0 Å². The van der Waals surface area contributed by atoms with Gasteiger partial charge in [-0.15, -0.1) is 0 Å². The SMILES string of the molecule is N#C[C@H](c1ccccn1)C1CCCCC1. The topological polar surface area (TPSA) is 36.7 Å². The van der Waals surface area contributed by atoms with Gasteiger partial charge in [0.1, 0.15) is 0 Å². The molecule has 1 aromatic heterocycles. The first kappa shape index (κ1) is 10.2. The molecule has 15 heavy (non-hydrogen) atoms. The highest BCUT2D eigenvalue weighted by molar-refractivity contribution is 5.18. The second-order valence-electron chi connectivity index (χ2n) is 4.26. The Morgan fingerprint density at radius 2 is 2.07 bits per heavy atom. The summed E-state index contributed by atoms with van der Waals surface area (Å²) in [6, 6.07) is 8.27. The van der Waals surface area contributed by atoms with Gasteiger partial charge in [-0.05, 0) is 30.9 Å². The second kappa shape index (κ2) is 4.93. The third kappa shape index (κ3) is 2.36. The average molecular weight is 200 g/mol. The van der Waals surface area contributed by atoms with E-state index < -0.39 is 0 Å². The molecule has 1 saturated carbocycles. The van der Waals surface area contributed by atoms with Crippen LogP contribution < -0.4 is 0 Å². The van der Waals surface area contributed by atoms with Crippen molar-refractivity contribution in [3.63, 3.8) is 0 Å². The maximum Gasteiger partial charge on any atom is 0.0912 e. The number of aromatic nitrogens is 1. The van der Waals surface area contributed by atoms with Crippen molar-refractivity contribution in [2.24, 2.45) is 5.92 Å². The zero-order valence-corrected chi connectivity index (χ0v) is 8.89. The highest BCUT2D eigenvalue weighted by Crippen LogP contribution is 2.34. The predicted molar refractivity (Wildman–Crippen MR) is 59.2 cm³/mol. The molecule has 1 aromatic rings. The standard InChI is InChI=1S/C13H16N2/c14-10-12(11-6-2-1-3-7-11)13-8-4-5-9-15-13/h4-5,8-9,11-12H,1-3,6-7H2/t12-/m0/s1. The number of rotatable bonds is 2. The van der Waals surface area contributed by atoms with Gasteiger partial charge in [-0.25, -0.2) is 0 Å². The number of hydrogen-bond acceptors (Lipinski definition) is 2. The van der Waals surface area contributed by atoms with E-state index in [0.29, 0.717) is 5.92 Å². The minimum atomic E-state index is 0.00602. The molecule has 0 amide bonds. The normalized spacial score (nSPS) is 19.4. The zero-order valence-electron chi connectivity index (χ0n) is 8.89. The van der Waals surface area contributed by atoms with E-state index in [-0.39, 0.29) is 5.92 Å². The Bertz CT molecular complexity index is 333. The van der Waals surface area contributed by atoms with Gasteiger partial charge in [0.15, 0.2) is 0 Å². The summed E-state index contributed by atoms with van der Waals surface area (Å²) in [5.74, 6) is 0.533. The monoisotopic (exact) mass is 200 g/mol. The molecule has 0 radical (unpaired) electrons. The molecule has 1 aliphatic rings. The van der Waals surface area contributed by atoms with Crippen LogP contribution in [0.1, 0.15) is 43.7 Å². The Hall–Kier alpha value is -1.36. The molecule has 0 unspecified atom stereocenters. The molecule has 0 aliphatic heterocycles. The summed E-state index contributed by atoms with van der Waals surface area (Å²) in [4.78, 5) is 4.30. The lowest BCUT2D eigenvalue weighted by Gasteiger charge is -2.25. The van der Waals surface area contributed by atoms with E-state index in [0.717, 1.165) is 5.69 Å². The Labute approximate surface area is 91.0 Å².